The van der Waals surface area contributed by atoms with Gasteiger partial charge in [0, 0.05) is 25.8 Å². The lowest BCUT2D eigenvalue weighted by Gasteiger charge is -2.09. The Kier molecular flexibility index (Phi) is 4.20. The summed E-state index contributed by atoms with van der Waals surface area (Å²) in [5.74, 6) is 0.871. The molecule has 0 amide bonds. The average Bonchev–Trinajstić information content (AvgIpc) is 3.04. The van der Waals surface area contributed by atoms with Crippen LogP contribution in [0.3, 0.4) is 0 Å². The Labute approximate surface area is 96.9 Å². The molecule has 0 aliphatic heterocycles. The first-order valence-electron chi connectivity index (χ1n) is 5.96. The number of hydrogen-bond acceptors (Lipinski definition) is 2. The van der Waals surface area contributed by atoms with Gasteiger partial charge in [-0.05, 0) is 50.2 Å². The molecular weight excluding hydrogens is 208 g/mol. The molecule has 2 fully saturated rings. The van der Waals surface area contributed by atoms with Gasteiger partial charge in [-0.25, -0.2) is 0 Å². The van der Waals surface area contributed by atoms with Crippen LogP contribution in [-0.4, -0.2) is 30.9 Å². The second-order valence-corrected chi connectivity index (χ2v) is 4.95. The van der Waals surface area contributed by atoms with Gasteiger partial charge in [0.05, 0.1) is 0 Å². The number of hydrogen-bond donors (Lipinski definition) is 2. The molecule has 15 heavy (non-hydrogen) atoms. The standard InChI is InChI=1S/C11H20N2OS/c15-11(13-10-4-5-10)12-6-1-7-14-8-9-2-3-9/h9-10H,1-8H2,(H2,12,13,15). The maximum absolute atomic E-state index is 5.53. The third-order valence-electron chi connectivity index (χ3n) is 2.71. The second kappa shape index (κ2) is 5.66. The molecule has 0 aromatic heterocycles. The molecule has 2 saturated carbocycles. The maximum Gasteiger partial charge on any atom is 0.166 e. The molecule has 3 nitrogen and oxygen atoms in total. The summed E-state index contributed by atoms with van der Waals surface area (Å²) in [6.45, 7) is 2.74. The van der Waals surface area contributed by atoms with Gasteiger partial charge in [-0.1, -0.05) is 0 Å². The molecule has 2 aliphatic rings. The maximum atomic E-state index is 5.53. The van der Waals surface area contributed by atoms with Crippen molar-refractivity contribution < 1.29 is 4.74 Å². The van der Waals surface area contributed by atoms with Crippen molar-refractivity contribution in [1.29, 1.82) is 0 Å². The van der Waals surface area contributed by atoms with Crippen LogP contribution in [0, 0.1) is 5.92 Å². The number of ether oxygens (including phenoxy) is 1. The molecule has 0 spiro atoms. The van der Waals surface area contributed by atoms with Crippen molar-refractivity contribution >= 4 is 17.3 Å². The summed E-state index contributed by atoms with van der Waals surface area (Å²) < 4.78 is 5.53. The summed E-state index contributed by atoms with van der Waals surface area (Å²) in [5, 5.41) is 7.26. The third kappa shape index (κ3) is 5.33. The van der Waals surface area contributed by atoms with Crippen molar-refractivity contribution in [3.05, 3.63) is 0 Å². The Morgan fingerprint density at radius 1 is 1.27 bits per heavy atom. The van der Waals surface area contributed by atoms with Gasteiger partial charge < -0.3 is 15.4 Å². The van der Waals surface area contributed by atoms with Gasteiger partial charge in [-0.2, -0.15) is 0 Å². The van der Waals surface area contributed by atoms with E-state index in [2.05, 4.69) is 10.6 Å². The minimum atomic E-state index is 0.649. The molecule has 0 bridgehead atoms. The fraction of sp³-hybridized carbons (Fsp3) is 0.909. The summed E-state index contributed by atoms with van der Waals surface area (Å²) in [7, 11) is 0. The normalized spacial score (nSPS) is 20.0. The summed E-state index contributed by atoms with van der Waals surface area (Å²) in [5.41, 5.74) is 0. The van der Waals surface area contributed by atoms with Crippen molar-refractivity contribution in [3.8, 4) is 0 Å². The lowest BCUT2D eigenvalue weighted by Crippen LogP contribution is -2.37. The first-order chi connectivity index (χ1) is 7.34. The molecular formula is C11H20N2OS. The smallest absolute Gasteiger partial charge is 0.166 e. The summed E-state index contributed by atoms with van der Waals surface area (Å²) in [6.07, 6.45) is 6.32. The van der Waals surface area contributed by atoms with Gasteiger partial charge in [-0.3, -0.25) is 0 Å². The second-order valence-electron chi connectivity index (χ2n) is 4.55. The molecule has 86 valence electrons. The van der Waals surface area contributed by atoms with E-state index in [0.717, 1.165) is 37.2 Å². The van der Waals surface area contributed by atoms with Gasteiger partial charge in [0.25, 0.3) is 0 Å². The first-order valence-corrected chi connectivity index (χ1v) is 6.37. The fourth-order valence-electron chi connectivity index (χ4n) is 1.37. The number of thiocarbonyl (C=S) groups is 1. The molecule has 4 heteroatoms. The van der Waals surface area contributed by atoms with Gasteiger partial charge >= 0.3 is 0 Å². The molecule has 0 aromatic rings. The summed E-state index contributed by atoms with van der Waals surface area (Å²) in [4.78, 5) is 0. The minimum Gasteiger partial charge on any atom is -0.381 e. The molecule has 0 atom stereocenters. The molecule has 2 N–H and O–H groups in total. The van der Waals surface area contributed by atoms with Crippen LogP contribution >= 0.6 is 12.2 Å². The van der Waals surface area contributed by atoms with Crippen LogP contribution in [0.15, 0.2) is 0 Å². The number of rotatable bonds is 7. The minimum absolute atomic E-state index is 0.649. The Hall–Kier alpha value is -0.350. The van der Waals surface area contributed by atoms with Crippen molar-refractivity contribution in [2.24, 2.45) is 5.92 Å². The highest BCUT2D eigenvalue weighted by molar-refractivity contribution is 7.80. The first kappa shape index (κ1) is 11.1. The molecule has 0 unspecified atom stereocenters. The van der Waals surface area contributed by atoms with Crippen molar-refractivity contribution in [3.63, 3.8) is 0 Å². The molecule has 2 aliphatic carbocycles. The van der Waals surface area contributed by atoms with Crippen LogP contribution in [0.5, 0.6) is 0 Å². The van der Waals surface area contributed by atoms with E-state index in [-0.39, 0.29) is 0 Å². The van der Waals surface area contributed by atoms with E-state index in [4.69, 9.17) is 17.0 Å². The summed E-state index contributed by atoms with van der Waals surface area (Å²) in [6, 6.07) is 0.649. The lowest BCUT2D eigenvalue weighted by atomic mass is 10.4. The van der Waals surface area contributed by atoms with Crippen molar-refractivity contribution in [2.45, 2.75) is 38.1 Å². The largest absolute Gasteiger partial charge is 0.381 e. The van der Waals surface area contributed by atoms with Crippen LogP contribution in [0.4, 0.5) is 0 Å². The zero-order valence-electron chi connectivity index (χ0n) is 9.13. The van der Waals surface area contributed by atoms with E-state index in [1.54, 1.807) is 0 Å². The topological polar surface area (TPSA) is 33.3 Å². The van der Waals surface area contributed by atoms with Gasteiger partial charge in [-0.15, -0.1) is 0 Å². The van der Waals surface area contributed by atoms with E-state index in [0.29, 0.717) is 6.04 Å². The van der Waals surface area contributed by atoms with Gasteiger partial charge in [0.15, 0.2) is 5.11 Å². The molecule has 0 saturated heterocycles. The average molecular weight is 228 g/mol. The molecule has 0 heterocycles. The Morgan fingerprint density at radius 2 is 2.07 bits per heavy atom. The van der Waals surface area contributed by atoms with Crippen LogP contribution in [-0.2, 0) is 4.74 Å². The predicted molar refractivity (Wildman–Crippen MR) is 64.9 cm³/mol. The van der Waals surface area contributed by atoms with Crippen LogP contribution in [0.1, 0.15) is 32.1 Å². The zero-order valence-corrected chi connectivity index (χ0v) is 9.94. The Bertz CT molecular complexity index is 215. The van der Waals surface area contributed by atoms with E-state index >= 15 is 0 Å². The van der Waals surface area contributed by atoms with Crippen LogP contribution in [0.2, 0.25) is 0 Å². The molecule has 2 rings (SSSR count). The Morgan fingerprint density at radius 3 is 2.73 bits per heavy atom. The van der Waals surface area contributed by atoms with Gasteiger partial charge in [0.1, 0.15) is 0 Å². The van der Waals surface area contributed by atoms with E-state index in [1.165, 1.54) is 25.7 Å². The van der Waals surface area contributed by atoms with Gasteiger partial charge in [0.2, 0.25) is 0 Å². The van der Waals surface area contributed by atoms with E-state index < -0.39 is 0 Å². The van der Waals surface area contributed by atoms with E-state index in [9.17, 15) is 0 Å². The highest BCUT2D eigenvalue weighted by Gasteiger charge is 2.21. The van der Waals surface area contributed by atoms with Crippen molar-refractivity contribution in [2.75, 3.05) is 19.8 Å². The monoisotopic (exact) mass is 228 g/mol. The fourth-order valence-corrected chi connectivity index (χ4v) is 1.64. The SMILES string of the molecule is S=C(NCCCOCC1CC1)NC1CC1. The molecule has 0 radical (unpaired) electrons. The summed E-state index contributed by atoms with van der Waals surface area (Å²) >= 11 is 5.14. The van der Waals surface area contributed by atoms with Crippen LogP contribution in [0.25, 0.3) is 0 Å². The highest BCUT2D eigenvalue weighted by Crippen LogP contribution is 2.28. The number of nitrogens with one attached hydrogen (secondary N) is 2. The third-order valence-corrected chi connectivity index (χ3v) is 2.98. The van der Waals surface area contributed by atoms with Crippen LogP contribution < -0.4 is 10.6 Å². The molecule has 0 aromatic carbocycles. The lowest BCUT2D eigenvalue weighted by molar-refractivity contribution is 0.123. The Balaban J connectivity index is 1.35. The predicted octanol–water partition coefficient (Wildman–Crippen LogP) is 1.43. The zero-order chi connectivity index (χ0) is 10.5. The highest BCUT2D eigenvalue weighted by atomic mass is 32.1. The van der Waals surface area contributed by atoms with Crippen molar-refractivity contribution in [1.82, 2.24) is 10.6 Å². The van der Waals surface area contributed by atoms with E-state index in [1.807, 2.05) is 0 Å². The quantitative estimate of drug-likeness (QED) is 0.510.